The molecule has 2 N–H and O–H groups in total. The summed E-state index contributed by atoms with van der Waals surface area (Å²) in [4.78, 5) is 30.8. The quantitative estimate of drug-likeness (QED) is 0.429. The highest BCUT2D eigenvalue weighted by Crippen LogP contribution is 2.50. The van der Waals surface area contributed by atoms with Crippen molar-refractivity contribution >= 4 is 16.9 Å². The summed E-state index contributed by atoms with van der Waals surface area (Å²) in [6.07, 6.45) is 3.11. The van der Waals surface area contributed by atoms with Crippen LogP contribution in [-0.2, 0) is 34.7 Å². The summed E-state index contributed by atoms with van der Waals surface area (Å²) >= 11 is 0. The first kappa shape index (κ1) is 22.4. The molecule has 1 aromatic carbocycles. The Bertz CT molecular complexity index is 1490. The smallest absolute Gasteiger partial charge is 0.343 e. The molecule has 1 atom stereocenters. The fourth-order valence-corrected chi connectivity index (χ4v) is 5.84. The fourth-order valence-electron chi connectivity index (χ4n) is 5.84. The van der Waals surface area contributed by atoms with Crippen LogP contribution in [0, 0.1) is 18.2 Å². The lowest BCUT2D eigenvalue weighted by atomic mass is 9.85. The number of carbonyl (C=O) groups excluding carboxylic acids is 1. The molecular formula is C27H28FN3O4. The van der Waals surface area contributed by atoms with Gasteiger partial charge in [-0.1, -0.05) is 6.92 Å². The van der Waals surface area contributed by atoms with Crippen LogP contribution in [0.1, 0.15) is 54.0 Å². The van der Waals surface area contributed by atoms with Crippen LogP contribution < -0.4 is 10.9 Å². The second kappa shape index (κ2) is 7.45. The average molecular weight is 478 g/mol. The number of halogens is 1. The number of esters is 1. The highest BCUT2D eigenvalue weighted by molar-refractivity contribution is 5.89. The molecule has 6 rings (SSSR count). The molecule has 1 fully saturated rings. The molecule has 3 aromatic rings. The van der Waals surface area contributed by atoms with Gasteiger partial charge in [0.15, 0.2) is 5.60 Å². The van der Waals surface area contributed by atoms with E-state index in [0.29, 0.717) is 34.6 Å². The SMILES string of the molecule is CC[C@@]1(O)C(=O)OCc2c1cc1n(c2=O)Cc2c-1nc1cc(F)c(C)cc1c2CC1(CNC)CC1. The van der Waals surface area contributed by atoms with Gasteiger partial charge in [-0.25, -0.2) is 14.2 Å². The highest BCUT2D eigenvalue weighted by Gasteiger charge is 2.46. The average Bonchev–Trinajstić information content (AvgIpc) is 3.49. The maximum absolute atomic E-state index is 14.6. The van der Waals surface area contributed by atoms with Gasteiger partial charge in [0, 0.05) is 29.1 Å². The van der Waals surface area contributed by atoms with Crippen LogP contribution in [0.4, 0.5) is 4.39 Å². The monoisotopic (exact) mass is 477 g/mol. The van der Waals surface area contributed by atoms with E-state index in [1.807, 2.05) is 13.1 Å². The van der Waals surface area contributed by atoms with Gasteiger partial charge in [0.25, 0.3) is 5.56 Å². The zero-order valence-electron chi connectivity index (χ0n) is 20.1. The van der Waals surface area contributed by atoms with Gasteiger partial charge >= 0.3 is 5.97 Å². The van der Waals surface area contributed by atoms with Gasteiger partial charge in [-0.3, -0.25) is 4.79 Å². The number of aryl methyl sites for hydroxylation is 1. The largest absolute Gasteiger partial charge is 0.458 e. The number of hydrogen-bond acceptors (Lipinski definition) is 6. The number of fused-ring (bicyclic) bond motifs is 5. The van der Waals surface area contributed by atoms with Crippen LogP contribution in [0.15, 0.2) is 23.0 Å². The predicted molar refractivity (Wildman–Crippen MR) is 129 cm³/mol. The first-order chi connectivity index (χ1) is 16.7. The standard InChI is InChI=1S/C27H28FN3O4/c1-4-27(34)19-8-22-23-17(11-31(22)24(32)18(19)12-35-25(27)33)16(10-26(5-6-26)13-29-3)15-7-14(2)20(28)9-21(15)30-23/h7-9,29,34H,4-6,10-13H2,1-3H3/t27-/m0/s1. The van der Waals surface area contributed by atoms with Gasteiger partial charge in [-0.15, -0.1) is 0 Å². The van der Waals surface area contributed by atoms with Crippen molar-refractivity contribution < 1.29 is 19.0 Å². The first-order valence-corrected chi connectivity index (χ1v) is 12.1. The van der Waals surface area contributed by atoms with Crippen LogP contribution >= 0.6 is 0 Å². The summed E-state index contributed by atoms with van der Waals surface area (Å²) in [6.45, 7) is 4.50. The molecule has 0 radical (unpaired) electrons. The number of benzene rings is 1. The van der Waals surface area contributed by atoms with E-state index in [1.165, 1.54) is 6.07 Å². The number of carbonyl (C=O) groups is 1. The number of aromatic nitrogens is 2. The molecule has 4 heterocycles. The Balaban J connectivity index is 1.62. The Kier molecular flexibility index (Phi) is 4.76. The third kappa shape index (κ3) is 3.12. The Morgan fingerprint density at radius 1 is 1.23 bits per heavy atom. The van der Waals surface area contributed by atoms with E-state index in [9.17, 15) is 19.1 Å². The van der Waals surface area contributed by atoms with E-state index >= 15 is 0 Å². The molecule has 8 heteroatoms. The Morgan fingerprint density at radius 2 is 2.00 bits per heavy atom. The number of cyclic esters (lactones) is 1. The first-order valence-electron chi connectivity index (χ1n) is 12.1. The van der Waals surface area contributed by atoms with Crippen molar-refractivity contribution in [1.29, 1.82) is 0 Å². The van der Waals surface area contributed by atoms with E-state index in [4.69, 9.17) is 9.72 Å². The fraction of sp³-hybridized carbons (Fsp3) is 0.444. The van der Waals surface area contributed by atoms with E-state index < -0.39 is 11.6 Å². The number of pyridine rings is 2. The summed E-state index contributed by atoms with van der Waals surface area (Å²) in [5.74, 6) is -1.07. The molecule has 0 unspecified atom stereocenters. The van der Waals surface area contributed by atoms with E-state index in [2.05, 4.69) is 5.32 Å². The number of hydrogen-bond donors (Lipinski definition) is 2. The zero-order chi connectivity index (χ0) is 24.7. The second-order valence-electron chi connectivity index (χ2n) is 10.3. The van der Waals surface area contributed by atoms with Gasteiger partial charge in [-0.05, 0) is 68.3 Å². The number of nitrogens with one attached hydrogen (secondary N) is 1. The van der Waals surface area contributed by atoms with Crippen molar-refractivity contribution in [2.45, 2.75) is 58.3 Å². The lowest BCUT2D eigenvalue weighted by Crippen LogP contribution is -2.44. The minimum Gasteiger partial charge on any atom is -0.458 e. The summed E-state index contributed by atoms with van der Waals surface area (Å²) in [5, 5.41) is 15.3. The van der Waals surface area contributed by atoms with Crippen LogP contribution in [0.25, 0.3) is 22.3 Å². The van der Waals surface area contributed by atoms with Gasteiger partial charge in [0.05, 0.1) is 29.0 Å². The van der Waals surface area contributed by atoms with E-state index in [0.717, 1.165) is 42.3 Å². The minimum atomic E-state index is -1.88. The molecular weight excluding hydrogens is 449 g/mol. The number of aliphatic hydroxyl groups is 1. The summed E-state index contributed by atoms with van der Waals surface area (Å²) in [6, 6.07) is 5.03. The van der Waals surface area contributed by atoms with Crippen molar-refractivity contribution in [1.82, 2.24) is 14.9 Å². The summed E-state index contributed by atoms with van der Waals surface area (Å²) in [5.41, 5.74) is 2.89. The molecule has 0 spiro atoms. The Hall–Kier alpha value is -3.10. The number of rotatable bonds is 5. The highest BCUT2D eigenvalue weighted by atomic mass is 19.1. The topological polar surface area (TPSA) is 93.5 Å². The molecule has 2 aromatic heterocycles. The van der Waals surface area contributed by atoms with Crippen LogP contribution in [-0.4, -0.2) is 34.2 Å². The molecule has 7 nitrogen and oxygen atoms in total. The van der Waals surface area contributed by atoms with Crippen molar-refractivity contribution in [2.75, 3.05) is 13.6 Å². The van der Waals surface area contributed by atoms with Gasteiger partial charge < -0.3 is 19.7 Å². The molecule has 1 saturated carbocycles. The Morgan fingerprint density at radius 3 is 2.69 bits per heavy atom. The maximum atomic E-state index is 14.6. The molecule has 182 valence electrons. The minimum absolute atomic E-state index is 0.0853. The molecule has 1 aliphatic carbocycles. The molecule has 2 aliphatic heterocycles. The summed E-state index contributed by atoms with van der Waals surface area (Å²) in [7, 11) is 1.95. The lowest BCUT2D eigenvalue weighted by Gasteiger charge is -2.31. The predicted octanol–water partition coefficient (Wildman–Crippen LogP) is 3.07. The molecule has 3 aliphatic rings. The second-order valence-corrected chi connectivity index (χ2v) is 10.3. The van der Waals surface area contributed by atoms with Crippen molar-refractivity contribution in [3.05, 3.63) is 62.2 Å². The van der Waals surface area contributed by atoms with E-state index in [-0.39, 0.29) is 35.4 Å². The van der Waals surface area contributed by atoms with Gasteiger partial charge in [0.2, 0.25) is 0 Å². The third-order valence-corrected chi connectivity index (χ3v) is 8.15. The number of nitrogens with zero attached hydrogens (tertiary/aromatic N) is 2. The number of ether oxygens (including phenoxy) is 1. The van der Waals surface area contributed by atoms with Gasteiger partial charge in [0.1, 0.15) is 12.4 Å². The van der Waals surface area contributed by atoms with E-state index in [1.54, 1.807) is 24.5 Å². The van der Waals surface area contributed by atoms with Crippen LogP contribution in [0.2, 0.25) is 0 Å². The normalized spacial score (nSPS) is 21.5. The lowest BCUT2D eigenvalue weighted by molar-refractivity contribution is -0.172. The van der Waals surface area contributed by atoms with Crippen molar-refractivity contribution in [3.63, 3.8) is 0 Å². The van der Waals surface area contributed by atoms with Crippen molar-refractivity contribution in [2.24, 2.45) is 5.41 Å². The zero-order valence-corrected chi connectivity index (χ0v) is 20.1. The molecule has 0 amide bonds. The molecule has 0 bridgehead atoms. The van der Waals surface area contributed by atoms with Crippen molar-refractivity contribution in [3.8, 4) is 11.4 Å². The van der Waals surface area contributed by atoms with Gasteiger partial charge in [-0.2, -0.15) is 0 Å². The molecule has 0 saturated heterocycles. The maximum Gasteiger partial charge on any atom is 0.343 e. The van der Waals surface area contributed by atoms with Crippen LogP contribution in [0.3, 0.4) is 0 Å². The Labute approximate surface area is 201 Å². The molecule has 35 heavy (non-hydrogen) atoms. The third-order valence-electron chi connectivity index (χ3n) is 8.15. The summed E-state index contributed by atoms with van der Waals surface area (Å²) < 4.78 is 21.4. The van der Waals surface area contributed by atoms with Crippen LogP contribution in [0.5, 0.6) is 0 Å².